The van der Waals surface area contributed by atoms with Gasteiger partial charge in [0.15, 0.2) is 0 Å². The molecule has 0 saturated carbocycles. The monoisotopic (exact) mass is 272 g/mol. The van der Waals surface area contributed by atoms with E-state index in [1.165, 1.54) is 12.0 Å². The van der Waals surface area contributed by atoms with Crippen LogP contribution >= 0.6 is 0 Å². The molecule has 0 spiro atoms. The van der Waals surface area contributed by atoms with E-state index >= 15 is 0 Å². The van der Waals surface area contributed by atoms with Gasteiger partial charge in [-0.25, -0.2) is 9.59 Å². The first kappa shape index (κ1) is 15.8. The summed E-state index contributed by atoms with van der Waals surface area (Å²) in [6.07, 6.45) is 0.837. The van der Waals surface area contributed by atoms with E-state index < -0.39 is 23.7 Å². The van der Waals surface area contributed by atoms with Crippen molar-refractivity contribution in [2.75, 3.05) is 20.2 Å². The van der Waals surface area contributed by atoms with Crippen LogP contribution in [0.1, 0.15) is 33.6 Å². The van der Waals surface area contributed by atoms with Gasteiger partial charge in [0.05, 0.1) is 7.11 Å². The molecule has 2 N–H and O–H groups in total. The smallest absolute Gasteiger partial charge is 0.411 e. The van der Waals surface area contributed by atoms with Gasteiger partial charge in [0.2, 0.25) is 0 Å². The van der Waals surface area contributed by atoms with E-state index in [0.29, 0.717) is 19.5 Å². The molecule has 0 aromatic heterocycles. The Morgan fingerprint density at radius 3 is 2.47 bits per heavy atom. The Kier molecular flexibility index (Phi) is 5.17. The number of nitrogens with two attached hydrogens (primary N) is 1. The van der Waals surface area contributed by atoms with Gasteiger partial charge >= 0.3 is 12.1 Å². The van der Waals surface area contributed by atoms with Gasteiger partial charge in [-0.05, 0) is 46.1 Å². The number of methoxy groups -OCH3 is 1. The van der Waals surface area contributed by atoms with Gasteiger partial charge in [-0.15, -0.1) is 0 Å². The van der Waals surface area contributed by atoms with E-state index in [0.717, 1.165) is 6.42 Å². The second-order valence-electron chi connectivity index (χ2n) is 5.84. The maximum absolute atomic E-state index is 12.1. The lowest BCUT2D eigenvalue weighted by Gasteiger charge is -2.38. The summed E-state index contributed by atoms with van der Waals surface area (Å²) in [4.78, 5) is 25.3. The fourth-order valence-electron chi connectivity index (χ4n) is 2.15. The summed E-state index contributed by atoms with van der Waals surface area (Å²) in [5.74, 6) is -0.174. The Hall–Kier alpha value is -1.30. The Morgan fingerprint density at radius 2 is 2.00 bits per heavy atom. The average Bonchev–Trinajstić information content (AvgIpc) is 2.35. The van der Waals surface area contributed by atoms with Crippen molar-refractivity contribution >= 4 is 12.1 Å². The zero-order chi connectivity index (χ0) is 14.6. The summed E-state index contributed by atoms with van der Waals surface area (Å²) in [6, 6.07) is -0.595. The highest BCUT2D eigenvalue weighted by Gasteiger charge is 2.38. The molecule has 19 heavy (non-hydrogen) atoms. The van der Waals surface area contributed by atoms with Crippen molar-refractivity contribution in [2.24, 2.45) is 11.7 Å². The molecule has 1 aliphatic rings. The van der Waals surface area contributed by atoms with Crippen LogP contribution in [0.2, 0.25) is 0 Å². The van der Waals surface area contributed by atoms with E-state index in [9.17, 15) is 9.59 Å². The van der Waals surface area contributed by atoms with Crippen molar-refractivity contribution in [2.45, 2.75) is 45.3 Å². The molecule has 0 aromatic rings. The Bertz CT molecular complexity index is 338. The maximum Gasteiger partial charge on any atom is 0.411 e. The maximum atomic E-state index is 12.1. The lowest BCUT2D eigenvalue weighted by molar-refractivity contribution is -0.148. The molecule has 0 aromatic carbocycles. The number of nitrogens with zero attached hydrogens (tertiary/aromatic N) is 1. The molecule has 0 aliphatic carbocycles. The molecule has 1 heterocycles. The number of esters is 1. The predicted molar refractivity (Wildman–Crippen MR) is 70.5 cm³/mol. The molecule has 110 valence electrons. The third-order valence-corrected chi connectivity index (χ3v) is 3.15. The van der Waals surface area contributed by atoms with Crippen LogP contribution in [0.5, 0.6) is 0 Å². The number of rotatable bonds is 2. The van der Waals surface area contributed by atoms with Crippen LogP contribution < -0.4 is 5.73 Å². The summed E-state index contributed by atoms with van der Waals surface area (Å²) in [6.45, 7) is 6.37. The second-order valence-corrected chi connectivity index (χ2v) is 5.84. The van der Waals surface area contributed by atoms with E-state index in [2.05, 4.69) is 0 Å². The van der Waals surface area contributed by atoms with Crippen LogP contribution in [-0.2, 0) is 14.3 Å². The van der Waals surface area contributed by atoms with Gasteiger partial charge in [-0.1, -0.05) is 0 Å². The van der Waals surface area contributed by atoms with Crippen molar-refractivity contribution in [1.82, 2.24) is 4.90 Å². The van der Waals surface area contributed by atoms with Crippen LogP contribution in [0, 0.1) is 5.92 Å². The van der Waals surface area contributed by atoms with Crippen molar-refractivity contribution in [1.29, 1.82) is 0 Å². The first-order chi connectivity index (χ1) is 8.78. The molecule has 1 fully saturated rings. The molecule has 6 heteroatoms. The van der Waals surface area contributed by atoms with Gasteiger partial charge in [-0.3, -0.25) is 4.90 Å². The topological polar surface area (TPSA) is 81.9 Å². The lowest BCUT2D eigenvalue weighted by Crippen LogP contribution is -2.52. The number of carbonyl (C=O) groups excluding carboxylic acids is 2. The van der Waals surface area contributed by atoms with Crippen molar-refractivity contribution in [3.05, 3.63) is 0 Å². The Morgan fingerprint density at radius 1 is 1.37 bits per heavy atom. The van der Waals surface area contributed by atoms with Crippen LogP contribution in [0.25, 0.3) is 0 Å². The molecule has 0 bridgehead atoms. The summed E-state index contributed by atoms with van der Waals surface area (Å²) in [5, 5.41) is 0. The van der Waals surface area contributed by atoms with Gasteiger partial charge in [0.25, 0.3) is 0 Å². The standard InChI is InChI=1S/C13H24N2O4/c1-13(2,3)19-12(17)15-6-5-9(8-14)7-10(15)11(16)18-4/h9-10H,5-8,14H2,1-4H3/t9-,10-/m0/s1. The fraction of sp³-hybridized carbons (Fsp3) is 0.846. The highest BCUT2D eigenvalue weighted by Crippen LogP contribution is 2.25. The molecule has 0 radical (unpaired) electrons. The third-order valence-electron chi connectivity index (χ3n) is 3.15. The van der Waals surface area contributed by atoms with Crippen molar-refractivity contribution in [3.8, 4) is 0 Å². The first-order valence-electron chi connectivity index (χ1n) is 6.56. The predicted octanol–water partition coefficient (Wildman–Crippen LogP) is 1.13. The largest absolute Gasteiger partial charge is 0.467 e. The minimum absolute atomic E-state index is 0.239. The SMILES string of the molecule is COC(=O)[C@@H]1C[C@@H](CN)CCN1C(=O)OC(C)(C)C. The lowest BCUT2D eigenvalue weighted by atomic mass is 9.91. The van der Waals surface area contributed by atoms with Gasteiger partial charge in [0, 0.05) is 6.54 Å². The van der Waals surface area contributed by atoms with E-state index in [1.807, 2.05) is 0 Å². The molecule has 6 nitrogen and oxygen atoms in total. The molecule has 1 amide bonds. The van der Waals surface area contributed by atoms with Crippen LogP contribution in [0.4, 0.5) is 4.79 Å². The number of ether oxygens (including phenoxy) is 2. The van der Waals surface area contributed by atoms with Crippen LogP contribution in [0.15, 0.2) is 0 Å². The van der Waals surface area contributed by atoms with Gasteiger partial charge in [-0.2, -0.15) is 0 Å². The normalized spacial score (nSPS) is 23.9. The van der Waals surface area contributed by atoms with Crippen molar-refractivity contribution in [3.63, 3.8) is 0 Å². The number of hydrogen-bond donors (Lipinski definition) is 1. The number of piperidine rings is 1. The summed E-state index contributed by atoms with van der Waals surface area (Å²) in [7, 11) is 1.32. The fourth-order valence-corrected chi connectivity index (χ4v) is 2.15. The first-order valence-corrected chi connectivity index (χ1v) is 6.56. The molecular formula is C13H24N2O4. The molecule has 0 unspecified atom stereocenters. The number of amides is 1. The third kappa shape index (κ3) is 4.38. The quantitative estimate of drug-likeness (QED) is 0.762. The number of likely N-dealkylation sites (tertiary alicyclic amines) is 1. The number of carbonyl (C=O) groups is 2. The summed E-state index contributed by atoms with van der Waals surface area (Å²) < 4.78 is 10.1. The molecule has 1 rings (SSSR count). The summed E-state index contributed by atoms with van der Waals surface area (Å²) in [5.41, 5.74) is 5.06. The highest BCUT2D eigenvalue weighted by molar-refractivity contribution is 5.81. The van der Waals surface area contributed by atoms with Gasteiger partial charge < -0.3 is 15.2 Å². The molecule has 1 aliphatic heterocycles. The Labute approximate surface area is 114 Å². The second kappa shape index (κ2) is 6.23. The van der Waals surface area contributed by atoms with E-state index in [-0.39, 0.29) is 5.92 Å². The zero-order valence-corrected chi connectivity index (χ0v) is 12.1. The molecule has 2 atom stereocenters. The molecular weight excluding hydrogens is 248 g/mol. The minimum Gasteiger partial charge on any atom is -0.467 e. The van der Waals surface area contributed by atoms with Gasteiger partial charge in [0.1, 0.15) is 11.6 Å². The average molecular weight is 272 g/mol. The van der Waals surface area contributed by atoms with E-state index in [4.69, 9.17) is 15.2 Å². The zero-order valence-electron chi connectivity index (χ0n) is 12.1. The van der Waals surface area contributed by atoms with E-state index in [1.54, 1.807) is 20.8 Å². The Balaban J connectivity index is 2.79. The van der Waals surface area contributed by atoms with Crippen LogP contribution in [-0.4, -0.2) is 48.8 Å². The van der Waals surface area contributed by atoms with Crippen molar-refractivity contribution < 1.29 is 19.1 Å². The minimum atomic E-state index is -0.595. The van der Waals surface area contributed by atoms with Crippen LogP contribution in [0.3, 0.4) is 0 Å². The molecule has 1 saturated heterocycles. The highest BCUT2D eigenvalue weighted by atomic mass is 16.6. The number of hydrogen-bond acceptors (Lipinski definition) is 5. The summed E-state index contributed by atoms with van der Waals surface area (Å²) >= 11 is 0.